The smallest absolute Gasteiger partial charge is 0.186 e. The maximum atomic E-state index is 9.93. The van der Waals surface area contributed by atoms with E-state index in [0.29, 0.717) is 5.75 Å². The fourth-order valence-electron chi connectivity index (χ4n) is 2.73. The van der Waals surface area contributed by atoms with Crippen molar-refractivity contribution in [3.05, 3.63) is 29.8 Å². The lowest BCUT2D eigenvalue weighted by Gasteiger charge is -2.39. The fourth-order valence-corrected chi connectivity index (χ4v) is 2.73. The highest BCUT2D eigenvalue weighted by atomic mass is 16.7. The number of benzene rings is 1. The van der Waals surface area contributed by atoms with E-state index < -0.39 is 43.4 Å². The molecule has 0 amide bonds. The van der Waals surface area contributed by atoms with Crippen molar-refractivity contribution in [1.29, 1.82) is 0 Å². The van der Waals surface area contributed by atoms with Crippen molar-refractivity contribution in [1.82, 2.24) is 0 Å². The van der Waals surface area contributed by atoms with Gasteiger partial charge in [-0.3, -0.25) is 0 Å². The van der Waals surface area contributed by atoms with Gasteiger partial charge in [0, 0.05) is 0 Å². The van der Waals surface area contributed by atoms with Crippen LogP contribution in [0.25, 0.3) is 6.08 Å². The van der Waals surface area contributed by atoms with Crippen LogP contribution in [0.2, 0.25) is 0 Å². The third-order valence-corrected chi connectivity index (χ3v) is 4.44. The van der Waals surface area contributed by atoms with Crippen LogP contribution in [0, 0.1) is 0 Å². The molecule has 1 fully saturated rings. The highest BCUT2D eigenvalue weighted by Gasteiger charge is 2.44. The molecule has 0 saturated carbocycles. The molecule has 1 unspecified atom stereocenters. The normalized spacial score (nSPS) is 28.6. The number of aliphatic hydroxyl groups is 5. The molecular weight excluding hydrogens is 388 g/mol. The Bertz CT molecular complexity index is 650. The van der Waals surface area contributed by atoms with Crippen LogP contribution in [0.4, 0.5) is 0 Å². The third kappa shape index (κ3) is 6.36. The second-order valence-electron chi connectivity index (χ2n) is 6.50. The van der Waals surface area contributed by atoms with Crippen LogP contribution in [0.1, 0.15) is 5.56 Å². The van der Waals surface area contributed by atoms with E-state index in [-0.39, 0.29) is 25.6 Å². The van der Waals surface area contributed by atoms with Crippen LogP contribution in [-0.2, 0) is 14.2 Å². The molecule has 164 valence electrons. The standard InChI is InChI=1S/C19H28O10/c1-26-14-7-11(4-5-13(14)22)3-2-6-27-12(8-20)10-28-19-18(25)17(24)16(23)15(9-21)29-19/h2-5,7,12,15-25H,6,8-10H2,1H3/b3-2+/t12?,15-,16-,17+,18-,19-/m1/s1. The highest BCUT2D eigenvalue weighted by Crippen LogP contribution is 2.26. The Labute approximate surface area is 168 Å². The molecule has 0 aliphatic carbocycles. The molecule has 1 heterocycles. The van der Waals surface area contributed by atoms with Crippen molar-refractivity contribution in [2.75, 3.05) is 33.5 Å². The molecule has 0 bridgehead atoms. The predicted octanol–water partition coefficient (Wildman–Crippen LogP) is -1.39. The van der Waals surface area contributed by atoms with Crippen LogP contribution in [0.3, 0.4) is 0 Å². The van der Waals surface area contributed by atoms with Gasteiger partial charge >= 0.3 is 0 Å². The van der Waals surface area contributed by atoms with E-state index in [1.54, 1.807) is 24.3 Å². The quantitative estimate of drug-likeness (QED) is 0.268. The minimum Gasteiger partial charge on any atom is -0.504 e. The van der Waals surface area contributed by atoms with Crippen molar-refractivity contribution in [2.45, 2.75) is 36.8 Å². The lowest BCUT2D eigenvalue weighted by Crippen LogP contribution is -2.59. The summed E-state index contributed by atoms with van der Waals surface area (Å²) in [7, 11) is 1.45. The third-order valence-electron chi connectivity index (χ3n) is 4.44. The topological polar surface area (TPSA) is 158 Å². The van der Waals surface area contributed by atoms with E-state index in [9.17, 15) is 25.5 Å². The first kappa shape index (κ1) is 23.5. The zero-order valence-corrected chi connectivity index (χ0v) is 16.0. The van der Waals surface area contributed by atoms with Gasteiger partial charge < -0.3 is 49.6 Å². The second kappa shape index (κ2) is 11.4. The van der Waals surface area contributed by atoms with E-state index in [2.05, 4.69) is 0 Å². The predicted molar refractivity (Wildman–Crippen MR) is 100 cm³/mol. The minimum atomic E-state index is -1.54. The summed E-state index contributed by atoms with van der Waals surface area (Å²) in [5.41, 5.74) is 0.779. The van der Waals surface area contributed by atoms with Crippen molar-refractivity contribution in [3.8, 4) is 11.5 Å². The van der Waals surface area contributed by atoms with E-state index in [1.807, 2.05) is 0 Å². The second-order valence-corrected chi connectivity index (χ2v) is 6.50. The largest absolute Gasteiger partial charge is 0.504 e. The van der Waals surface area contributed by atoms with Crippen LogP contribution in [0.15, 0.2) is 24.3 Å². The Kier molecular flexibility index (Phi) is 9.27. The van der Waals surface area contributed by atoms with Gasteiger partial charge in [0.1, 0.15) is 30.5 Å². The summed E-state index contributed by atoms with van der Waals surface area (Å²) in [6.07, 6.45) is -4.18. The van der Waals surface area contributed by atoms with Crippen molar-refractivity contribution < 1.29 is 49.6 Å². The molecular formula is C19H28O10. The van der Waals surface area contributed by atoms with Crippen LogP contribution >= 0.6 is 0 Å². The number of hydrogen-bond acceptors (Lipinski definition) is 10. The van der Waals surface area contributed by atoms with E-state index in [4.69, 9.17) is 24.1 Å². The summed E-state index contributed by atoms with van der Waals surface area (Å²) in [5, 5.41) is 57.6. The number of hydrogen-bond donors (Lipinski definition) is 6. The van der Waals surface area contributed by atoms with Gasteiger partial charge in [-0.2, -0.15) is 0 Å². The summed E-state index contributed by atoms with van der Waals surface area (Å²) in [4.78, 5) is 0. The van der Waals surface area contributed by atoms with Crippen molar-refractivity contribution in [3.63, 3.8) is 0 Å². The summed E-state index contributed by atoms with van der Waals surface area (Å²) >= 11 is 0. The summed E-state index contributed by atoms with van der Waals surface area (Å²) in [5.74, 6) is 0.376. The minimum absolute atomic E-state index is 0.0339. The average Bonchev–Trinajstić information content (AvgIpc) is 2.73. The van der Waals surface area contributed by atoms with E-state index >= 15 is 0 Å². The number of aromatic hydroxyl groups is 1. The van der Waals surface area contributed by atoms with Gasteiger partial charge in [0.25, 0.3) is 0 Å². The number of methoxy groups -OCH3 is 1. The van der Waals surface area contributed by atoms with E-state index in [1.165, 1.54) is 13.2 Å². The highest BCUT2D eigenvalue weighted by molar-refractivity contribution is 5.55. The summed E-state index contributed by atoms with van der Waals surface area (Å²) in [6, 6.07) is 4.85. The molecule has 1 aromatic rings. The van der Waals surface area contributed by atoms with Crippen molar-refractivity contribution in [2.24, 2.45) is 0 Å². The zero-order valence-electron chi connectivity index (χ0n) is 16.0. The molecule has 1 aliphatic rings. The SMILES string of the molecule is COc1cc(/C=C/COC(CO)CO[C@@H]2O[C@H](CO)[C@@H](O)[C@H](O)[C@H]2O)ccc1O. The summed E-state index contributed by atoms with van der Waals surface area (Å²) < 4.78 is 21.1. The van der Waals surface area contributed by atoms with Crippen molar-refractivity contribution >= 4 is 6.08 Å². The first-order valence-corrected chi connectivity index (χ1v) is 9.09. The molecule has 1 saturated heterocycles. The Hall–Kier alpha value is -1.76. The van der Waals surface area contributed by atoms with Crippen LogP contribution in [0.5, 0.6) is 11.5 Å². The Morgan fingerprint density at radius 3 is 2.55 bits per heavy atom. The maximum Gasteiger partial charge on any atom is 0.186 e. The molecule has 10 nitrogen and oxygen atoms in total. The van der Waals surface area contributed by atoms with Gasteiger partial charge in [-0.25, -0.2) is 0 Å². The Morgan fingerprint density at radius 1 is 1.14 bits per heavy atom. The number of rotatable bonds is 10. The Balaban J connectivity index is 1.81. The molecule has 2 rings (SSSR count). The van der Waals surface area contributed by atoms with Crippen LogP contribution < -0.4 is 4.74 Å². The molecule has 29 heavy (non-hydrogen) atoms. The molecule has 10 heteroatoms. The molecule has 0 aromatic heterocycles. The molecule has 0 spiro atoms. The molecule has 1 aromatic carbocycles. The number of phenolic OH excluding ortho intramolecular Hbond substituents is 1. The van der Waals surface area contributed by atoms with Gasteiger partial charge in [-0.15, -0.1) is 0 Å². The van der Waals surface area contributed by atoms with Gasteiger partial charge in [0.05, 0.1) is 33.5 Å². The lowest BCUT2D eigenvalue weighted by molar-refractivity contribution is -0.305. The first-order chi connectivity index (χ1) is 13.9. The van der Waals surface area contributed by atoms with Gasteiger partial charge in [0.15, 0.2) is 17.8 Å². The fraction of sp³-hybridized carbons (Fsp3) is 0.579. The van der Waals surface area contributed by atoms with Gasteiger partial charge in [0.2, 0.25) is 0 Å². The van der Waals surface area contributed by atoms with E-state index in [0.717, 1.165) is 5.56 Å². The van der Waals surface area contributed by atoms with Gasteiger partial charge in [-0.1, -0.05) is 18.2 Å². The lowest BCUT2D eigenvalue weighted by atomic mass is 9.99. The number of phenols is 1. The number of aliphatic hydroxyl groups excluding tert-OH is 5. The molecule has 6 atom stereocenters. The summed E-state index contributed by atoms with van der Waals surface area (Å²) in [6.45, 7) is -0.928. The molecule has 6 N–H and O–H groups in total. The first-order valence-electron chi connectivity index (χ1n) is 9.09. The van der Waals surface area contributed by atoms with Gasteiger partial charge in [-0.05, 0) is 17.7 Å². The zero-order chi connectivity index (χ0) is 21.4. The molecule has 0 radical (unpaired) electrons. The Morgan fingerprint density at radius 2 is 1.90 bits per heavy atom. The average molecular weight is 416 g/mol. The monoisotopic (exact) mass is 416 g/mol. The molecule has 1 aliphatic heterocycles. The number of ether oxygens (including phenoxy) is 4. The van der Waals surface area contributed by atoms with Crippen LogP contribution in [-0.4, -0.2) is 101 Å². The maximum absolute atomic E-state index is 9.93.